The molecule has 326 valence electrons. The van der Waals surface area contributed by atoms with E-state index in [-0.39, 0.29) is 0 Å². The van der Waals surface area contributed by atoms with Crippen LogP contribution in [0.5, 0.6) is 0 Å². The van der Waals surface area contributed by atoms with Gasteiger partial charge in [-0.25, -0.2) is 15.0 Å². The zero-order chi connectivity index (χ0) is 46.1. The third kappa shape index (κ3) is 6.44. The molecule has 0 aliphatic heterocycles. The average Bonchev–Trinajstić information content (AvgIpc) is 3.94. The molecule has 0 saturated heterocycles. The Morgan fingerprint density at radius 2 is 0.786 bits per heavy atom. The summed E-state index contributed by atoms with van der Waals surface area (Å²) in [5, 5.41) is 9.62. The third-order valence-electron chi connectivity index (χ3n) is 13.9. The van der Waals surface area contributed by atoms with Gasteiger partial charge in [0.05, 0.1) is 27.8 Å². The van der Waals surface area contributed by atoms with Crippen molar-refractivity contribution in [2.45, 2.75) is 0 Å². The van der Waals surface area contributed by atoms with Crippen LogP contribution in [-0.4, -0.2) is 24.1 Å². The van der Waals surface area contributed by atoms with E-state index in [0.717, 1.165) is 61.0 Å². The zero-order valence-electron chi connectivity index (χ0n) is 37.9. The van der Waals surface area contributed by atoms with Crippen molar-refractivity contribution in [2.75, 3.05) is 0 Å². The normalized spacial score (nSPS) is 11.7. The van der Waals surface area contributed by atoms with Crippen LogP contribution in [0.25, 0.3) is 133 Å². The first-order chi connectivity index (χ1) is 34.7. The summed E-state index contributed by atoms with van der Waals surface area (Å²) in [6.45, 7) is 0. The van der Waals surface area contributed by atoms with Crippen molar-refractivity contribution in [3.05, 3.63) is 249 Å². The maximum atomic E-state index is 5.15. The van der Waals surface area contributed by atoms with Crippen molar-refractivity contribution >= 4 is 65.2 Å². The quantitative estimate of drug-likeness (QED) is 0.160. The number of fused-ring (bicyclic) bond motifs is 9. The number of aromatic nitrogens is 5. The summed E-state index contributed by atoms with van der Waals surface area (Å²) in [6.07, 6.45) is 0. The highest BCUT2D eigenvalue weighted by Crippen LogP contribution is 2.45. The molecule has 0 spiro atoms. The van der Waals surface area contributed by atoms with Crippen LogP contribution in [0, 0.1) is 0 Å². The second-order valence-corrected chi connectivity index (χ2v) is 18.0. The maximum Gasteiger partial charge on any atom is 0.164 e. The molecule has 5 heteroatoms. The van der Waals surface area contributed by atoms with E-state index in [9.17, 15) is 0 Å². The van der Waals surface area contributed by atoms with E-state index < -0.39 is 0 Å². The smallest absolute Gasteiger partial charge is 0.164 e. The summed E-state index contributed by atoms with van der Waals surface area (Å²) in [5.74, 6) is 1.89. The molecule has 14 aromatic rings. The first kappa shape index (κ1) is 39.7. The van der Waals surface area contributed by atoms with Crippen molar-refractivity contribution < 1.29 is 0 Å². The Hall–Kier alpha value is -9.45. The van der Waals surface area contributed by atoms with Crippen LogP contribution in [-0.2, 0) is 0 Å². The number of hydrogen-bond acceptors (Lipinski definition) is 3. The third-order valence-corrected chi connectivity index (χ3v) is 13.9. The van der Waals surface area contributed by atoms with Crippen LogP contribution >= 0.6 is 0 Å². The summed E-state index contributed by atoms with van der Waals surface area (Å²) < 4.78 is 4.92. The number of hydrogen-bond donors (Lipinski definition) is 0. The Morgan fingerprint density at radius 3 is 1.50 bits per heavy atom. The molecule has 0 radical (unpaired) electrons. The van der Waals surface area contributed by atoms with Crippen molar-refractivity contribution in [1.29, 1.82) is 0 Å². The fraction of sp³-hybridized carbons (Fsp3) is 0. The van der Waals surface area contributed by atoms with Gasteiger partial charge in [0.25, 0.3) is 0 Å². The number of benzene rings is 11. The monoisotopic (exact) mass is 891 g/mol. The largest absolute Gasteiger partial charge is 0.309 e. The number of nitrogens with zero attached hydrogens (tertiary/aromatic N) is 5. The molecule has 14 rings (SSSR count). The molecule has 0 N–H and O–H groups in total. The van der Waals surface area contributed by atoms with Crippen LogP contribution in [0.15, 0.2) is 249 Å². The van der Waals surface area contributed by atoms with Crippen molar-refractivity contribution in [2.24, 2.45) is 0 Å². The molecule has 0 unspecified atom stereocenters. The average molecular weight is 892 g/mol. The van der Waals surface area contributed by atoms with Gasteiger partial charge in [0.15, 0.2) is 17.5 Å². The topological polar surface area (TPSA) is 48.5 Å². The lowest BCUT2D eigenvalue weighted by atomic mass is 9.94. The minimum Gasteiger partial charge on any atom is -0.309 e. The van der Waals surface area contributed by atoms with E-state index in [1.807, 2.05) is 24.3 Å². The first-order valence-corrected chi connectivity index (χ1v) is 23.8. The van der Waals surface area contributed by atoms with Crippen molar-refractivity contribution in [3.8, 4) is 67.8 Å². The van der Waals surface area contributed by atoms with Crippen LogP contribution in [0.1, 0.15) is 0 Å². The van der Waals surface area contributed by atoms with E-state index in [1.165, 1.54) is 54.5 Å². The Bertz CT molecular complexity index is 4310. The second-order valence-electron chi connectivity index (χ2n) is 18.0. The number of rotatable bonds is 7. The van der Waals surface area contributed by atoms with E-state index >= 15 is 0 Å². The highest BCUT2D eigenvalue weighted by Gasteiger charge is 2.22. The molecule has 5 nitrogen and oxygen atoms in total. The number of para-hydroxylation sites is 2. The SMILES string of the molecule is c1ccc(-c2ccc(-c3nc(-c4ccccc4)nc(-c4ccc5c(-n6c7ccccc7c7cc8c9c%10ccccc%10c(-c%10ccccc%10)cc9n(-c9ccccc9)c8cc76)cccc5c4)n3)cc2)cc1. The molecule has 3 aromatic heterocycles. The molecule has 3 heterocycles. The molecule has 11 aromatic carbocycles. The Balaban J connectivity index is 0.969. The maximum absolute atomic E-state index is 5.15. The summed E-state index contributed by atoms with van der Waals surface area (Å²) in [6, 6.07) is 88.9. The van der Waals surface area contributed by atoms with Crippen molar-refractivity contribution in [1.82, 2.24) is 24.1 Å². The molecule has 0 amide bonds. The van der Waals surface area contributed by atoms with Gasteiger partial charge >= 0.3 is 0 Å². The Labute approximate surface area is 403 Å². The van der Waals surface area contributed by atoms with Gasteiger partial charge in [-0.3, -0.25) is 0 Å². The highest BCUT2D eigenvalue weighted by atomic mass is 15.0. The predicted molar refractivity (Wildman–Crippen MR) is 291 cm³/mol. The summed E-state index contributed by atoms with van der Waals surface area (Å²) in [5.41, 5.74) is 14.4. The lowest BCUT2D eigenvalue weighted by Crippen LogP contribution is -2.00. The molecular formula is C65H41N5. The van der Waals surface area contributed by atoms with Gasteiger partial charge in [-0.1, -0.05) is 200 Å². The predicted octanol–water partition coefficient (Wildman–Crippen LogP) is 16.7. The van der Waals surface area contributed by atoms with Crippen molar-refractivity contribution in [3.63, 3.8) is 0 Å². The first-order valence-electron chi connectivity index (χ1n) is 23.8. The van der Waals surface area contributed by atoms with E-state index in [4.69, 9.17) is 15.0 Å². The minimum absolute atomic E-state index is 0.624. The van der Waals surface area contributed by atoms with Crippen LogP contribution in [0.4, 0.5) is 0 Å². The van der Waals surface area contributed by atoms with Gasteiger partial charge in [-0.05, 0) is 86.9 Å². The molecule has 0 aliphatic carbocycles. The lowest BCUT2D eigenvalue weighted by Gasteiger charge is -2.14. The van der Waals surface area contributed by atoms with Gasteiger partial charge < -0.3 is 9.13 Å². The molecule has 0 atom stereocenters. The molecule has 0 saturated carbocycles. The fourth-order valence-electron chi connectivity index (χ4n) is 10.7. The second kappa shape index (κ2) is 16.1. The summed E-state index contributed by atoms with van der Waals surface area (Å²) >= 11 is 0. The van der Waals surface area contributed by atoms with Gasteiger partial charge in [0.1, 0.15) is 0 Å². The lowest BCUT2D eigenvalue weighted by molar-refractivity contribution is 1.07. The van der Waals surface area contributed by atoms with E-state index in [1.54, 1.807) is 0 Å². The van der Waals surface area contributed by atoms with Crippen LogP contribution in [0.2, 0.25) is 0 Å². The van der Waals surface area contributed by atoms with Crippen LogP contribution in [0.3, 0.4) is 0 Å². The molecule has 70 heavy (non-hydrogen) atoms. The van der Waals surface area contributed by atoms with Gasteiger partial charge in [-0.15, -0.1) is 0 Å². The minimum atomic E-state index is 0.624. The van der Waals surface area contributed by atoms with Crippen LogP contribution < -0.4 is 0 Å². The highest BCUT2D eigenvalue weighted by molar-refractivity contribution is 6.27. The molecule has 0 aliphatic rings. The Kier molecular flexibility index (Phi) is 9.14. The summed E-state index contributed by atoms with van der Waals surface area (Å²) in [7, 11) is 0. The molecule has 0 bridgehead atoms. The zero-order valence-corrected chi connectivity index (χ0v) is 37.9. The van der Waals surface area contributed by atoms with Gasteiger partial charge in [-0.2, -0.15) is 0 Å². The van der Waals surface area contributed by atoms with E-state index in [2.05, 4.69) is 234 Å². The standard InChI is InChI=1S/C65H41N5/c1-5-18-42(19-6-1)43-32-34-46(35-33-43)64-66-63(45-22-9-3-10-23-45)67-65(68-64)48-36-37-50-47(38-48)24-17-31-57(50)70-58-30-16-15-28-52(58)55-39-56-60(41-59(55)70)69(49-25-11-4-12-26-49)61-40-54(44-20-7-2-8-21-44)51-27-13-14-29-53(51)62(56)61/h1-41H. The van der Waals surface area contributed by atoms with E-state index in [0.29, 0.717) is 17.5 Å². The van der Waals surface area contributed by atoms with Gasteiger partial charge in [0.2, 0.25) is 0 Å². The molecule has 0 fully saturated rings. The Morgan fingerprint density at radius 1 is 0.257 bits per heavy atom. The fourth-order valence-corrected chi connectivity index (χ4v) is 10.7. The molecular weight excluding hydrogens is 851 g/mol. The summed E-state index contributed by atoms with van der Waals surface area (Å²) in [4.78, 5) is 15.3. The van der Waals surface area contributed by atoms with Gasteiger partial charge in [0, 0.05) is 49.3 Å².